The molecule has 0 unspecified atom stereocenters. The molecule has 0 aliphatic heterocycles. The van der Waals surface area contributed by atoms with Crippen molar-refractivity contribution in [2.24, 2.45) is 7.05 Å². The first-order valence-electron chi connectivity index (χ1n) is 31.8. The highest BCUT2D eigenvalue weighted by molar-refractivity contribution is 7.12. The average molecular weight is 1250 g/mol. The first kappa shape index (κ1) is 80.2. The van der Waals surface area contributed by atoms with Crippen molar-refractivity contribution in [2.45, 2.75) is 297 Å². The van der Waals surface area contributed by atoms with E-state index in [1.54, 1.807) is 11.3 Å². The zero-order chi connectivity index (χ0) is 68.3. The Morgan fingerprint density at radius 1 is 0.307 bits per heavy atom. The van der Waals surface area contributed by atoms with Gasteiger partial charge in [0.05, 0.1) is 61.3 Å². The van der Waals surface area contributed by atoms with Crippen molar-refractivity contribution in [3.05, 3.63) is 157 Å². The van der Waals surface area contributed by atoms with Gasteiger partial charge in [-0.25, -0.2) is 34.9 Å². The van der Waals surface area contributed by atoms with Crippen molar-refractivity contribution in [1.82, 2.24) is 54.4 Å². The largest absolute Gasteiger partial charge is 0.446 e. The Labute approximate surface area is 543 Å². The van der Waals surface area contributed by atoms with E-state index in [1.807, 2.05) is 80.6 Å². The van der Waals surface area contributed by atoms with Crippen LogP contribution >= 0.6 is 22.7 Å². The Morgan fingerprint density at radius 3 is 1.10 bits per heavy atom. The number of oxazole rings is 2. The molecule has 0 aromatic carbocycles. The molecule has 0 spiro atoms. The SMILES string of the molecule is Cc1nc(C(C)C)c(C)c(C)c1C.Cc1nc(C(C)C)c(C)n1C.Cc1nc(C(C)C)c(C)o1.Cc1nc(C(C)C)c(C)s1.Cc1nc(C(C)C)oc1C.Cc1nc(C(C)C)sc1C.Cc1nc(C)c(C(C)C)nc1C.Cc1nc(C)c(C)c(C(C)C)n1. The third-order valence-corrected chi connectivity index (χ3v) is 17.6. The van der Waals surface area contributed by atoms with E-state index in [0.29, 0.717) is 47.3 Å². The maximum atomic E-state index is 5.36. The monoisotopic (exact) mass is 1250 g/mol. The van der Waals surface area contributed by atoms with Gasteiger partial charge in [-0.05, 0) is 189 Å². The number of nitrogens with zero attached hydrogens (tertiary/aromatic N) is 11. The summed E-state index contributed by atoms with van der Waals surface area (Å²) in [6, 6.07) is 0. The Balaban J connectivity index is 0.000000504. The number of aryl methyl sites for hydroxylation is 15. The predicted octanol–water partition coefficient (Wildman–Crippen LogP) is 21.2. The average Bonchev–Trinajstić information content (AvgIpc) is 2.73. The van der Waals surface area contributed by atoms with Gasteiger partial charge in [-0.2, -0.15) is 0 Å². The van der Waals surface area contributed by atoms with Gasteiger partial charge in [0, 0.05) is 64.0 Å². The molecule has 13 nitrogen and oxygen atoms in total. The second-order valence-corrected chi connectivity index (χ2v) is 28.5. The number of aromatic nitrogens is 11. The summed E-state index contributed by atoms with van der Waals surface area (Å²) in [6.45, 7) is 75.4. The third-order valence-electron chi connectivity index (χ3n) is 15.3. The molecule has 0 aliphatic rings. The lowest BCUT2D eigenvalue weighted by Crippen LogP contribution is -2.03. The first-order valence-corrected chi connectivity index (χ1v) is 33.4. The number of hydrogen-bond acceptors (Lipinski definition) is 14. The highest BCUT2D eigenvalue weighted by Crippen LogP contribution is 2.27. The molecule has 0 fully saturated rings. The molecule has 88 heavy (non-hydrogen) atoms. The van der Waals surface area contributed by atoms with Crippen molar-refractivity contribution in [2.75, 3.05) is 0 Å². The summed E-state index contributed by atoms with van der Waals surface area (Å²) in [7, 11) is 2.06. The molecule has 8 aromatic heterocycles. The van der Waals surface area contributed by atoms with Crippen LogP contribution in [-0.4, -0.2) is 54.4 Å². The Bertz CT molecular complexity index is 3270. The van der Waals surface area contributed by atoms with Gasteiger partial charge in [0.15, 0.2) is 11.8 Å². The highest BCUT2D eigenvalue weighted by Gasteiger charge is 2.15. The lowest BCUT2D eigenvalue weighted by atomic mass is 9.97. The molecule has 0 amide bonds. The topological polar surface area (TPSA) is 160 Å². The van der Waals surface area contributed by atoms with E-state index in [1.165, 1.54) is 81.9 Å². The molecule has 0 atom stereocenters. The molecule has 490 valence electrons. The smallest absolute Gasteiger partial charge is 0.197 e. The molecule has 0 saturated carbocycles. The van der Waals surface area contributed by atoms with Crippen LogP contribution in [-0.2, 0) is 7.05 Å². The second kappa shape index (κ2) is 36.8. The van der Waals surface area contributed by atoms with E-state index in [0.717, 1.165) is 74.8 Å². The molecular formula is C73H119N11O2S2. The third kappa shape index (κ3) is 24.9. The fraction of sp³-hybridized carbons (Fsp3) is 0.616. The maximum absolute atomic E-state index is 5.36. The van der Waals surface area contributed by atoms with Crippen LogP contribution in [0.25, 0.3) is 0 Å². The zero-order valence-corrected chi connectivity index (χ0v) is 63.8. The van der Waals surface area contributed by atoms with Gasteiger partial charge in [0.25, 0.3) is 0 Å². The van der Waals surface area contributed by atoms with E-state index in [2.05, 4.69) is 241 Å². The van der Waals surface area contributed by atoms with Crippen LogP contribution in [0.15, 0.2) is 8.83 Å². The molecule has 8 aromatic rings. The summed E-state index contributed by atoms with van der Waals surface area (Å²) in [5.41, 5.74) is 21.4. The van der Waals surface area contributed by atoms with Crippen LogP contribution in [0.4, 0.5) is 0 Å². The molecule has 15 heteroatoms. The molecule has 0 radical (unpaired) electrons. The number of hydrogen-bond donors (Lipinski definition) is 0. The van der Waals surface area contributed by atoms with E-state index < -0.39 is 0 Å². The summed E-state index contributed by atoms with van der Waals surface area (Å²) >= 11 is 3.60. The summed E-state index contributed by atoms with van der Waals surface area (Å²) in [6.07, 6.45) is 0. The van der Waals surface area contributed by atoms with Crippen LogP contribution in [0.5, 0.6) is 0 Å². The molecule has 8 heterocycles. The quantitative estimate of drug-likeness (QED) is 0.142. The summed E-state index contributed by atoms with van der Waals surface area (Å²) in [4.78, 5) is 46.8. The van der Waals surface area contributed by atoms with E-state index in [4.69, 9.17) is 8.83 Å². The number of rotatable bonds is 8. The van der Waals surface area contributed by atoms with Gasteiger partial charge in [-0.15, -0.1) is 22.7 Å². The molecule has 0 saturated heterocycles. The maximum Gasteiger partial charge on any atom is 0.197 e. The standard InChI is InChI=1S/C12H19N.2C10H16N2.C9H16N2.2C8H13NO.2C8H13NS/c1-7(2)12-10(5)8(3)9(4)11(6)13-12;1-6(2)10-9(5)11-7(3)8(4)12-10;1-6(2)10-7(3)8(4)11-9(5)12-10;1-6(2)9-7(3)11(5)8(4)10-9;1-5(2)8-6(3)10-7(4)9-8;1-5(2)8-9-6(3)7(4)10-8;1-5(2)8-6(3)10-7(4)9-8;1-5(2)8-9-6(3)7(4)10-8/h7H,1-6H3;2*6H,1-5H3;6H,1-5H3;4*5H,1-4H3. The zero-order valence-electron chi connectivity index (χ0n) is 62.2. The van der Waals surface area contributed by atoms with Crippen molar-refractivity contribution in [3.8, 4) is 0 Å². The fourth-order valence-corrected chi connectivity index (χ4v) is 11.1. The fourth-order valence-electron chi connectivity index (χ4n) is 9.23. The molecule has 8 rings (SSSR count). The van der Waals surface area contributed by atoms with E-state index in [9.17, 15) is 0 Å². The predicted molar refractivity (Wildman–Crippen MR) is 376 cm³/mol. The number of thiazole rings is 2. The van der Waals surface area contributed by atoms with E-state index in [-0.39, 0.29) is 0 Å². The molecular weight excluding hydrogens is 1130 g/mol. The minimum absolute atomic E-state index is 0.396. The van der Waals surface area contributed by atoms with Crippen LogP contribution in [0.2, 0.25) is 0 Å². The Kier molecular flexibility index (Phi) is 33.5. The lowest BCUT2D eigenvalue weighted by molar-refractivity contribution is 0.450. The Morgan fingerprint density at radius 2 is 0.784 bits per heavy atom. The van der Waals surface area contributed by atoms with Gasteiger partial charge >= 0.3 is 0 Å². The van der Waals surface area contributed by atoms with Gasteiger partial charge in [-0.3, -0.25) is 15.0 Å². The minimum Gasteiger partial charge on any atom is -0.446 e. The van der Waals surface area contributed by atoms with Crippen LogP contribution in [0.1, 0.15) is 315 Å². The van der Waals surface area contributed by atoms with Gasteiger partial charge in [0.1, 0.15) is 23.2 Å². The van der Waals surface area contributed by atoms with Crippen molar-refractivity contribution >= 4 is 22.7 Å². The molecule has 0 aliphatic carbocycles. The van der Waals surface area contributed by atoms with Gasteiger partial charge in [-0.1, -0.05) is 111 Å². The first-order chi connectivity index (χ1) is 40.5. The van der Waals surface area contributed by atoms with Crippen molar-refractivity contribution in [3.63, 3.8) is 0 Å². The summed E-state index contributed by atoms with van der Waals surface area (Å²) in [5.74, 6) is 9.52. The second-order valence-electron chi connectivity index (χ2n) is 25.9. The summed E-state index contributed by atoms with van der Waals surface area (Å²) in [5, 5.41) is 2.44. The Hall–Kier alpha value is -5.80. The normalized spacial score (nSPS) is 10.9. The molecule has 0 bridgehead atoms. The van der Waals surface area contributed by atoms with Crippen LogP contribution in [0.3, 0.4) is 0 Å². The van der Waals surface area contributed by atoms with Crippen molar-refractivity contribution in [1.29, 1.82) is 0 Å². The van der Waals surface area contributed by atoms with Gasteiger partial charge in [0.2, 0.25) is 0 Å². The van der Waals surface area contributed by atoms with Gasteiger partial charge < -0.3 is 13.4 Å². The van der Waals surface area contributed by atoms with Crippen molar-refractivity contribution < 1.29 is 8.83 Å². The van der Waals surface area contributed by atoms with Crippen LogP contribution in [0, 0.1) is 138 Å². The summed E-state index contributed by atoms with van der Waals surface area (Å²) < 4.78 is 12.8. The molecule has 0 N–H and O–H groups in total. The van der Waals surface area contributed by atoms with Crippen LogP contribution < -0.4 is 0 Å². The minimum atomic E-state index is 0.396. The number of pyridine rings is 1. The lowest BCUT2D eigenvalue weighted by Gasteiger charge is -2.15. The number of imidazole rings is 1. The highest BCUT2D eigenvalue weighted by atomic mass is 32.1. The van der Waals surface area contributed by atoms with E-state index >= 15 is 0 Å².